The second kappa shape index (κ2) is 3.94. The van der Waals surface area contributed by atoms with Crippen molar-refractivity contribution in [3.63, 3.8) is 0 Å². The third-order valence-corrected chi connectivity index (χ3v) is 2.80. The molecule has 2 heterocycles. The fraction of sp³-hybridized carbons (Fsp3) is 0.455. The van der Waals surface area contributed by atoms with E-state index in [1.165, 1.54) is 12.2 Å². The topological polar surface area (TPSA) is 44.0 Å². The Morgan fingerprint density at radius 1 is 1.35 bits per heavy atom. The second-order valence-corrected chi connectivity index (χ2v) is 3.89. The van der Waals surface area contributed by atoms with Crippen molar-refractivity contribution in [2.75, 3.05) is 0 Å². The molecule has 1 aromatic heterocycles. The number of fused-ring (bicyclic) bond motifs is 1. The number of nitrogens with zero attached hydrogens (tertiary/aromatic N) is 2. The molecule has 0 atom stereocenters. The number of hydrogen-bond donors (Lipinski definition) is 0. The monoisotopic (exact) mass is 242 g/mol. The van der Waals surface area contributed by atoms with Crippen LogP contribution in [0.25, 0.3) is 0 Å². The molecule has 4 nitrogen and oxygen atoms in total. The molecule has 0 amide bonds. The molecule has 0 unspecified atom stereocenters. The lowest BCUT2D eigenvalue weighted by Gasteiger charge is -2.18. The van der Waals surface area contributed by atoms with Gasteiger partial charge in [-0.2, -0.15) is 8.78 Å². The van der Waals surface area contributed by atoms with Crippen molar-refractivity contribution in [1.82, 2.24) is 9.13 Å². The summed E-state index contributed by atoms with van der Waals surface area (Å²) in [5.41, 5.74) is -1.85. The average molecular weight is 242 g/mol. The normalized spacial score (nSPS) is 17.6. The van der Waals surface area contributed by atoms with Crippen LogP contribution in [0, 0.1) is 0 Å². The standard InChI is InChI=1S/C11H12F2N2O2/c1-2-14-9(16)7-8-11(12,13)5-3-4-6-15(8)10(14)17/h3-4,7H,2,5-6H2,1H3. The molecule has 92 valence electrons. The highest BCUT2D eigenvalue weighted by atomic mass is 19.3. The van der Waals surface area contributed by atoms with E-state index in [1.54, 1.807) is 6.92 Å². The lowest BCUT2D eigenvalue weighted by atomic mass is 10.1. The molecule has 0 bridgehead atoms. The van der Waals surface area contributed by atoms with Crippen LogP contribution in [0.2, 0.25) is 0 Å². The van der Waals surface area contributed by atoms with E-state index in [1.807, 2.05) is 0 Å². The van der Waals surface area contributed by atoms with Crippen molar-refractivity contribution in [1.29, 1.82) is 0 Å². The van der Waals surface area contributed by atoms with Crippen LogP contribution in [0.5, 0.6) is 0 Å². The number of aromatic nitrogens is 2. The third-order valence-electron chi connectivity index (χ3n) is 2.80. The smallest absolute Gasteiger partial charge is 0.288 e. The first-order valence-electron chi connectivity index (χ1n) is 5.35. The Balaban J connectivity index is 2.80. The molecule has 0 saturated carbocycles. The largest absolute Gasteiger partial charge is 0.331 e. The van der Waals surface area contributed by atoms with Crippen molar-refractivity contribution >= 4 is 0 Å². The summed E-state index contributed by atoms with van der Waals surface area (Å²) in [7, 11) is 0. The van der Waals surface area contributed by atoms with E-state index in [2.05, 4.69) is 0 Å². The fourth-order valence-corrected chi connectivity index (χ4v) is 1.90. The Bertz CT molecular complexity index is 584. The molecule has 0 fully saturated rings. The molecule has 1 aliphatic heterocycles. The van der Waals surface area contributed by atoms with E-state index in [0.717, 1.165) is 15.2 Å². The molecule has 0 aromatic carbocycles. The molecule has 1 aromatic rings. The van der Waals surface area contributed by atoms with Gasteiger partial charge in [0.15, 0.2) is 0 Å². The van der Waals surface area contributed by atoms with E-state index < -0.39 is 29.3 Å². The summed E-state index contributed by atoms with van der Waals surface area (Å²) in [5.74, 6) is -3.17. The van der Waals surface area contributed by atoms with Crippen LogP contribution in [-0.4, -0.2) is 9.13 Å². The van der Waals surface area contributed by atoms with Crippen molar-refractivity contribution in [3.8, 4) is 0 Å². The molecule has 17 heavy (non-hydrogen) atoms. The second-order valence-electron chi connectivity index (χ2n) is 3.89. The van der Waals surface area contributed by atoms with Crippen molar-refractivity contribution in [3.05, 3.63) is 44.8 Å². The predicted molar refractivity (Wildman–Crippen MR) is 58.3 cm³/mol. The molecule has 0 saturated heterocycles. The first kappa shape index (κ1) is 11.8. The molecular weight excluding hydrogens is 230 g/mol. The van der Waals surface area contributed by atoms with Gasteiger partial charge in [0.05, 0.1) is 5.69 Å². The number of halogens is 2. The zero-order valence-corrected chi connectivity index (χ0v) is 9.32. The highest BCUT2D eigenvalue weighted by molar-refractivity contribution is 5.14. The summed E-state index contributed by atoms with van der Waals surface area (Å²) in [5, 5.41) is 0. The maximum Gasteiger partial charge on any atom is 0.331 e. The summed E-state index contributed by atoms with van der Waals surface area (Å²) in [4.78, 5) is 23.4. The van der Waals surface area contributed by atoms with Crippen LogP contribution in [0.4, 0.5) is 8.78 Å². The van der Waals surface area contributed by atoms with Gasteiger partial charge in [-0.25, -0.2) is 4.79 Å². The molecule has 6 heteroatoms. The lowest BCUT2D eigenvalue weighted by molar-refractivity contribution is -0.00889. The zero-order chi connectivity index (χ0) is 12.6. The minimum atomic E-state index is -3.17. The van der Waals surface area contributed by atoms with Gasteiger partial charge >= 0.3 is 5.69 Å². The van der Waals surface area contributed by atoms with Gasteiger partial charge in [-0.05, 0) is 6.92 Å². The minimum Gasteiger partial charge on any atom is -0.288 e. The number of rotatable bonds is 1. The van der Waals surface area contributed by atoms with Crippen LogP contribution in [-0.2, 0) is 19.0 Å². The van der Waals surface area contributed by atoms with E-state index in [0.29, 0.717) is 0 Å². The number of allylic oxidation sites excluding steroid dienone is 2. The summed E-state index contributed by atoms with van der Waals surface area (Å²) in [6.07, 6.45) is 2.35. The van der Waals surface area contributed by atoms with E-state index in [-0.39, 0.29) is 13.1 Å². The Kier molecular flexibility index (Phi) is 2.73. The first-order chi connectivity index (χ1) is 7.97. The van der Waals surface area contributed by atoms with Crippen molar-refractivity contribution < 1.29 is 8.78 Å². The van der Waals surface area contributed by atoms with Crippen LogP contribution < -0.4 is 11.2 Å². The van der Waals surface area contributed by atoms with E-state index in [9.17, 15) is 18.4 Å². The van der Waals surface area contributed by atoms with E-state index >= 15 is 0 Å². The van der Waals surface area contributed by atoms with Crippen LogP contribution >= 0.6 is 0 Å². The molecule has 2 rings (SSSR count). The minimum absolute atomic E-state index is 0.0734. The predicted octanol–water partition coefficient (Wildman–Crippen LogP) is 1.08. The highest BCUT2D eigenvalue weighted by Crippen LogP contribution is 2.32. The van der Waals surface area contributed by atoms with Gasteiger partial charge in [0.1, 0.15) is 0 Å². The molecule has 0 N–H and O–H groups in total. The fourth-order valence-electron chi connectivity index (χ4n) is 1.90. The zero-order valence-electron chi connectivity index (χ0n) is 9.32. The van der Waals surface area contributed by atoms with Crippen LogP contribution in [0.15, 0.2) is 27.8 Å². The Labute approximate surface area is 95.8 Å². The van der Waals surface area contributed by atoms with Gasteiger partial charge in [0.2, 0.25) is 0 Å². The highest BCUT2D eigenvalue weighted by Gasteiger charge is 2.35. The first-order valence-corrected chi connectivity index (χ1v) is 5.35. The van der Waals surface area contributed by atoms with Gasteiger partial charge < -0.3 is 0 Å². The molecular formula is C11H12F2N2O2. The summed E-state index contributed by atoms with van der Waals surface area (Å²) < 4.78 is 29.3. The Morgan fingerprint density at radius 3 is 2.71 bits per heavy atom. The van der Waals surface area contributed by atoms with E-state index in [4.69, 9.17) is 0 Å². The van der Waals surface area contributed by atoms with Crippen LogP contribution in [0.3, 0.4) is 0 Å². The third kappa shape index (κ3) is 1.83. The SMILES string of the molecule is CCn1c(=O)cc2n(c1=O)CC=CCC2(F)F. The lowest BCUT2D eigenvalue weighted by Crippen LogP contribution is -2.42. The Hall–Kier alpha value is -1.72. The van der Waals surface area contributed by atoms with Crippen LogP contribution in [0.1, 0.15) is 19.0 Å². The molecule has 0 spiro atoms. The summed E-state index contributed by atoms with van der Waals surface area (Å²) in [6, 6.07) is 0.859. The van der Waals surface area contributed by atoms with Gasteiger partial charge in [-0.1, -0.05) is 12.2 Å². The maximum absolute atomic E-state index is 13.7. The Morgan fingerprint density at radius 2 is 2.06 bits per heavy atom. The maximum atomic E-state index is 13.7. The average Bonchev–Trinajstić information content (AvgIpc) is 2.39. The quantitative estimate of drug-likeness (QED) is 0.692. The summed E-state index contributed by atoms with van der Waals surface area (Å²) >= 11 is 0. The van der Waals surface area contributed by atoms with Gasteiger partial charge in [0, 0.05) is 25.6 Å². The van der Waals surface area contributed by atoms with Gasteiger partial charge in [0.25, 0.3) is 11.5 Å². The van der Waals surface area contributed by atoms with Gasteiger partial charge in [-0.3, -0.25) is 13.9 Å². The summed E-state index contributed by atoms with van der Waals surface area (Å²) in [6.45, 7) is 1.87. The number of alkyl halides is 2. The van der Waals surface area contributed by atoms with Crippen molar-refractivity contribution in [2.45, 2.75) is 32.4 Å². The molecule has 0 aliphatic carbocycles. The number of hydrogen-bond acceptors (Lipinski definition) is 2. The molecule has 0 radical (unpaired) electrons. The van der Waals surface area contributed by atoms with Crippen molar-refractivity contribution in [2.24, 2.45) is 0 Å². The molecule has 1 aliphatic rings. The van der Waals surface area contributed by atoms with Gasteiger partial charge in [-0.15, -0.1) is 0 Å².